The number of hydrogen-bond donors (Lipinski definition) is 2. The zero-order chi connectivity index (χ0) is 10.7. The van der Waals surface area contributed by atoms with Gasteiger partial charge in [0.25, 0.3) is 0 Å². The van der Waals surface area contributed by atoms with Gasteiger partial charge in [-0.25, -0.2) is 0 Å². The highest BCUT2D eigenvalue weighted by atomic mass is 79.9. The molecular formula is C11H14Br2N2. The van der Waals surface area contributed by atoms with Gasteiger partial charge < -0.3 is 10.6 Å². The van der Waals surface area contributed by atoms with Crippen LogP contribution in [0.1, 0.15) is 12.8 Å². The van der Waals surface area contributed by atoms with E-state index in [1.165, 1.54) is 12.8 Å². The molecule has 2 rings (SSSR count). The van der Waals surface area contributed by atoms with E-state index in [4.69, 9.17) is 0 Å². The Balaban J connectivity index is 2.09. The molecule has 82 valence electrons. The van der Waals surface area contributed by atoms with Crippen LogP contribution >= 0.6 is 31.9 Å². The van der Waals surface area contributed by atoms with Crippen molar-refractivity contribution in [2.45, 2.75) is 18.9 Å². The molecule has 0 saturated carbocycles. The lowest BCUT2D eigenvalue weighted by Crippen LogP contribution is -2.38. The Labute approximate surface area is 107 Å². The van der Waals surface area contributed by atoms with Gasteiger partial charge in [0.15, 0.2) is 0 Å². The first-order chi connectivity index (χ1) is 7.27. The van der Waals surface area contributed by atoms with Gasteiger partial charge in [0.05, 0.1) is 5.69 Å². The van der Waals surface area contributed by atoms with Gasteiger partial charge in [0, 0.05) is 21.5 Å². The zero-order valence-electron chi connectivity index (χ0n) is 8.39. The molecule has 1 aliphatic rings. The zero-order valence-corrected chi connectivity index (χ0v) is 11.6. The number of halogens is 2. The Bertz CT molecular complexity index is 315. The van der Waals surface area contributed by atoms with E-state index in [2.05, 4.69) is 54.6 Å². The topological polar surface area (TPSA) is 24.1 Å². The quantitative estimate of drug-likeness (QED) is 0.867. The summed E-state index contributed by atoms with van der Waals surface area (Å²) in [4.78, 5) is 0. The number of piperidine rings is 1. The third-order valence-corrected chi connectivity index (χ3v) is 3.93. The van der Waals surface area contributed by atoms with Gasteiger partial charge in [-0.2, -0.15) is 0 Å². The van der Waals surface area contributed by atoms with E-state index in [-0.39, 0.29) is 0 Å². The summed E-state index contributed by atoms with van der Waals surface area (Å²) in [6.07, 6.45) is 2.49. The van der Waals surface area contributed by atoms with Gasteiger partial charge in [-0.05, 0) is 63.4 Å². The highest BCUT2D eigenvalue weighted by molar-refractivity contribution is 9.11. The van der Waals surface area contributed by atoms with E-state index in [1.807, 2.05) is 6.07 Å². The molecule has 1 unspecified atom stereocenters. The van der Waals surface area contributed by atoms with E-state index in [0.717, 1.165) is 27.7 Å². The molecule has 1 heterocycles. The Morgan fingerprint density at radius 1 is 1.27 bits per heavy atom. The van der Waals surface area contributed by atoms with Crippen molar-refractivity contribution in [1.29, 1.82) is 0 Å². The normalized spacial score (nSPS) is 21.3. The summed E-state index contributed by atoms with van der Waals surface area (Å²) in [6.45, 7) is 2.20. The first-order valence-electron chi connectivity index (χ1n) is 5.18. The van der Waals surface area contributed by atoms with Crippen LogP contribution in [0.3, 0.4) is 0 Å². The van der Waals surface area contributed by atoms with Crippen LogP contribution in [-0.2, 0) is 0 Å². The minimum Gasteiger partial charge on any atom is -0.379 e. The molecule has 15 heavy (non-hydrogen) atoms. The van der Waals surface area contributed by atoms with Gasteiger partial charge in [-0.1, -0.05) is 6.07 Å². The molecule has 4 heteroatoms. The van der Waals surface area contributed by atoms with Crippen molar-refractivity contribution in [1.82, 2.24) is 5.32 Å². The fourth-order valence-electron chi connectivity index (χ4n) is 1.81. The number of rotatable bonds is 2. The maximum atomic E-state index is 3.56. The monoisotopic (exact) mass is 332 g/mol. The maximum Gasteiger partial charge on any atom is 0.0631 e. The average molecular weight is 334 g/mol. The molecule has 1 aromatic rings. The molecule has 2 N–H and O–H groups in total. The summed E-state index contributed by atoms with van der Waals surface area (Å²) in [5.41, 5.74) is 1.16. The van der Waals surface area contributed by atoms with Gasteiger partial charge in [-0.15, -0.1) is 0 Å². The molecule has 1 saturated heterocycles. The Hall–Kier alpha value is -0.0600. The summed E-state index contributed by atoms with van der Waals surface area (Å²) < 4.78 is 2.23. The van der Waals surface area contributed by atoms with Crippen molar-refractivity contribution >= 4 is 37.5 Å². The SMILES string of the molecule is Brc1cccc(Br)c1NC1CCCNC1. The molecule has 0 radical (unpaired) electrons. The summed E-state index contributed by atoms with van der Waals surface area (Å²) >= 11 is 7.12. The number of hydrogen-bond acceptors (Lipinski definition) is 2. The van der Waals surface area contributed by atoms with Crippen molar-refractivity contribution in [3.63, 3.8) is 0 Å². The third kappa shape index (κ3) is 2.95. The Morgan fingerprint density at radius 2 is 2.00 bits per heavy atom. The predicted molar refractivity (Wildman–Crippen MR) is 71.4 cm³/mol. The van der Waals surface area contributed by atoms with E-state index >= 15 is 0 Å². The van der Waals surface area contributed by atoms with E-state index < -0.39 is 0 Å². The number of anilines is 1. The summed E-state index contributed by atoms with van der Waals surface area (Å²) in [7, 11) is 0. The molecule has 1 fully saturated rings. The number of nitrogens with one attached hydrogen (secondary N) is 2. The van der Waals surface area contributed by atoms with Crippen molar-refractivity contribution in [3.05, 3.63) is 27.1 Å². The minimum absolute atomic E-state index is 0.536. The minimum atomic E-state index is 0.536. The highest BCUT2D eigenvalue weighted by Gasteiger charge is 2.14. The maximum absolute atomic E-state index is 3.56. The van der Waals surface area contributed by atoms with Crippen LogP contribution in [0.5, 0.6) is 0 Å². The lowest BCUT2D eigenvalue weighted by Gasteiger charge is -2.25. The van der Waals surface area contributed by atoms with Crippen molar-refractivity contribution in [3.8, 4) is 0 Å². The second kappa shape index (κ2) is 5.32. The third-order valence-electron chi connectivity index (χ3n) is 2.61. The fourth-order valence-corrected chi connectivity index (χ4v) is 3.04. The molecular weight excluding hydrogens is 320 g/mol. The van der Waals surface area contributed by atoms with Gasteiger partial charge >= 0.3 is 0 Å². The van der Waals surface area contributed by atoms with Crippen LogP contribution in [-0.4, -0.2) is 19.1 Å². The average Bonchev–Trinajstić information content (AvgIpc) is 2.25. The highest BCUT2D eigenvalue weighted by Crippen LogP contribution is 2.31. The van der Waals surface area contributed by atoms with E-state index in [1.54, 1.807) is 0 Å². The van der Waals surface area contributed by atoms with Crippen LogP contribution in [0.15, 0.2) is 27.1 Å². The lowest BCUT2D eigenvalue weighted by molar-refractivity contribution is 0.479. The van der Waals surface area contributed by atoms with Crippen molar-refractivity contribution in [2.24, 2.45) is 0 Å². The Kier molecular flexibility index (Phi) is 4.05. The van der Waals surface area contributed by atoms with Crippen molar-refractivity contribution < 1.29 is 0 Å². The van der Waals surface area contributed by atoms with Crippen LogP contribution in [0.25, 0.3) is 0 Å². The van der Waals surface area contributed by atoms with E-state index in [0.29, 0.717) is 6.04 Å². The molecule has 0 amide bonds. The molecule has 1 aromatic carbocycles. The fraction of sp³-hybridized carbons (Fsp3) is 0.455. The summed E-state index contributed by atoms with van der Waals surface area (Å²) in [5, 5.41) is 6.96. The van der Waals surface area contributed by atoms with Gasteiger partial charge in [-0.3, -0.25) is 0 Å². The van der Waals surface area contributed by atoms with Gasteiger partial charge in [0.2, 0.25) is 0 Å². The largest absolute Gasteiger partial charge is 0.379 e. The summed E-state index contributed by atoms with van der Waals surface area (Å²) in [6, 6.07) is 6.68. The molecule has 0 aromatic heterocycles. The molecule has 0 aliphatic carbocycles. The lowest BCUT2D eigenvalue weighted by atomic mass is 10.1. The van der Waals surface area contributed by atoms with Crippen LogP contribution < -0.4 is 10.6 Å². The molecule has 0 spiro atoms. The number of benzene rings is 1. The first-order valence-corrected chi connectivity index (χ1v) is 6.77. The molecule has 2 nitrogen and oxygen atoms in total. The first kappa shape index (κ1) is 11.4. The standard InChI is InChI=1S/C11H14Br2N2/c12-9-4-1-5-10(13)11(9)15-8-3-2-6-14-7-8/h1,4-5,8,14-15H,2-3,6-7H2. The second-order valence-corrected chi connectivity index (χ2v) is 5.49. The van der Waals surface area contributed by atoms with Gasteiger partial charge in [0.1, 0.15) is 0 Å². The van der Waals surface area contributed by atoms with Crippen LogP contribution in [0.2, 0.25) is 0 Å². The van der Waals surface area contributed by atoms with Crippen LogP contribution in [0, 0.1) is 0 Å². The van der Waals surface area contributed by atoms with Crippen LogP contribution in [0.4, 0.5) is 5.69 Å². The second-order valence-electron chi connectivity index (χ2n) is 3.78. The smallest absolute Gasteiger partial charge is 0.0631 e. The summed E-state index contributed by atoms with van der Waals surface area (Å²) in [5.74, 6) is 0. The number of para-hydroxylation sites is 1. The Morgan fingerprint density at radius 3 is 2.60 bits per heavy atom. The molecule has 1 atom stereocenters. The van der Waals surface area contributed by atoms with Crippen molar-refractivity contribution in [2.75, 3.05) is 18.4 Å². The molecule has 1 aliphatic heterocycles. The molecule has 0 bridgehead atoms. The van der Waals surface area contributed by atoms with E-state index in [9.17, 15) is 0 Å². The predicted octanol–water partition coefficient (Wildman–Crippen LogP) is 3.38.